The second-order valence-electron chi connectivity index (χ2n) is 5.19. The predicted molar refractivity (Wildman–Crippen MR) is 79.2 cm³/mol. The van der Waals surface area contributed by atoms with Gasteiger partial charge in [0.25, 0.3) is 0 Å². The van der Waals surface area contributed by atoms with Crippen molar-refractivity contribution in [2.24, 2.45) is 0 Å². The van der Waals surface area contributed by atoms with Gasteiger partial charge in [-0.1, -0.05) is 25.1 Å². The zero-order chi connectivity index (χ0) is 13.5. The van der Waals surface area contributed by atoms with Crippen LogP contribution in [0.2, 0.25) is 0 Å². The Hall–Kier alpha value is -1.51. The van der Waals surface area contributed by atoms with Crippen LogP contribution in [0, 0.1) is 0 Å². The fourth-order valence-corrected chi connectivity index (χ4v) is 2.77. The lowest BCUT2D eigenvalue weighted by molar-refractivity contribution is -0.134. The highest BCUT2D eigenvalue weighted by molar-refractivity contribution is 5.77. The number of benzene rings is 1. The largest absolute Gasteiger partial charge is 0.385 e. The summed E-state index contributed by atoms with van der Waals surface area (Å²) in [5, 5.41) is 3.30. The number of para-hydroxylation sites is 1. The quantitative estimate of drug-likeness (QED) is 0.881. The Kier molecular flexibility index (Phi) is 5.25. The highest BCUT2D eigenvalue weighted by Gasteiger charge is 2.24. The Morgan fingerprint density at radius 3 is 2.84 bits per heavy atom. The van der Waals surface area contributed by atoms with Gasteiger partial charge in [-0.2, -0.15) is 0 Å². The Labute approximate surface area is 116 Å². The van der Waals surface area contributed by atoms with Crippen molar-refractivity contribution < 1.29 is 4.79 Å². The molecule has 1 atom stereocenters. The number of carbonyl (C=O) groups excluding carboxylic acids is 1. The van der Waals surface area contributed by atoms with Crippen LogP contribution < -0.4 is 5.32 Å². The number of anilines is 1. The minimum atomic E-state index is 0.301. The molecule has 1 heterocycles. The van der Waals surface area contributed by atoms with Gasteiger partial charge >= 0.3 is 0 Å². The Balaban J connectivity index is 1.77. The first-order chi connectivity index (χ1) is 9.31. The van der Waals surface area contributed by atoms with Crippen LogP contribution in [0.25, 0.3) is 0 Å². The Morgan fingerprint density at radius 1 is 1.32 bits per heavy atom. The predicted octanol–water partition coefficient (Wildman–Crippen LogP) is 3.28. The third-order valence-electron chi connectivity index (χ3n) is 3.86. The first-order valence-corrected chi connectivity index (χ1v) is 7.39. The number of amides is 1. The van der Waals surface area contributed by atoms with E-state index in [-0.39, 0.29) is 0 Å². The average molecular weight is 260 g/mol. The van der Waals surface area contributed by atoms with Crippen LogP contribution in [0.4, 0.5) is 5.69 Å². The number of hydrogen-bond acceptors (Lipinski definition) is 2. The number of nitrogens with zero attached hydrogens (tertiary/aromatic N) is 1. The highest BCUT2D eigenvalue weighted by Crippen LogP contribution is 2.20. The van der Waals surface area contributed by atoms with Crippen molar-refractivity contribution in [3.63, 3.8) is 0 Å². The molecule has 1 aliphatic rings. The van der Waals surface area contributed by atoms with E-state index < -0.39 is 0 Å². The third-order valence-corrected chi connectivity index (χ3v) is 3.86. The van der Waals surface area contributed by atoms with Gasteiger partial charge in [-0.15, -0.1) is 0 Å². The van der Waals surface area contributed by atoms with Crippen LogP contribution in [0.5, 0.6) is 0 Å². The molecule has 1 fully saturated rings. The summed E-state index contributed by atoms with van der Waals surface area (Å²) >= 11 is 0. The molecule has 3 nitrogen and oxygen atoms in total. The van der Waals surface area contributed by atoms with E-state index >= 15 is 0 Å². The topological polar surface area (TPSA) is 32.3 Å². The summed E-state index contributed by atoms with van der Waals surface area (Å²) in [6.07, 6.45) is 5.27. The van der Waals surface area contributed by atoms with Crippen molar-refractivity contribution in [1.82, 2.24) is 4.90 Å². The Morgan fingerprint density at radius 2 is 2.11 bits per heavy atom. The summed E-state index contributed by atoms with van der Waals surface area (Å²) in [6.45, 7) is 3.84. The first kappa shape index (κ1) is 13.9. The normalized spacial score (nSPS) is 19.2. The smallest absolute Gasteiger partial charge is 0.224 e. The molecule has 0 spiro atoms. The van der Waals surface area contributed by atoms with Gasteiger partial charge in [0, 0.05) is 31.2 Å². The molecule has 1 aliphatic heterocycles. The molecule has 1 aromatic rings. The minimum absolute atomic E-state index is 0.301. The van der Waals surface area contributed by atoms with Gasteiger partial charge < -0.3 is 10.2 Å². The average Bonchev–Trinajstić information content (AvgIpc) is 2.48. The molecular formula is C16H24N2O. The zero-order valence-electron chi connectivity index (χ0n) is 11.8. The number of likely N-dealkylation sites (tertiary alicyclic amines) is 1. The van der Waals surface area contributed by atoms with Crippen LogP contribution in [-0.2, 0) is 4.79 Å². The van der Waals surface area contributed by atoms with E-state index in [1.807, 2.05) is 30.3 Å². The highest BCUT2D eigenvalue weighted by atomic mass is 16.2. The van der Waals surface area contributed by atoms with E-state index in [4.69, 9.17) is 0 Å². The van der Waals surface area contributed by atoms with Gasteiger partial charge in [-0.05, 0) is 37.8 Å². The summed E-state index contributed by atoms with van der Waals surface area (Å²) in [4.78, 5) is 14.3. The fraction of sp³-hybridized carbons (Fsp3) is 0.562. The van der Waals surface area contributed by atoms with E-state index in [2.05, 4.69) is 17.1 Å². The second kappa shape index (κ2) is 7.17. The van der Waals surface area contributed by atoms with Crippen molar-refractivity contribution >= 4 is 11.6 Å². The van der Waals surface area contributed by atoms with E-state index in [1.54, 1.807) is 0 Å². The molecule has 0 radical (unpaired) electrons. The second-order valence-corrected chi connectivity index (χ2v) is 5.19. The van der Waals surface area contributed by atoms with Crippen LogP contribution in [0.3, 0.4) is 0 Å². The van der Waals surface area contributed by atoms with E-state index in [0.29, 0.717) is 18.4 Å². The summed E-state index contributed by atoms with van der Waals surface area (Å²) in [5.74, 6) is 0.301. The number of piperidine rings is 1. The molecule has 3 heteroatoms. The monoisotopic (exact) mass is 260 g/mol. The van der Waals surface area contributed by atoms with Crippen LogP contribution in [-0.4, -0.2) is 29.9 Å². The molecule has 0 bridgehead atoms. The van der Waals surface area contributed by atoms with Gasteiger partial charge in [0.2, 0.25) is 5.91 Å². The lowest BCUT2D eigenvalue weighted by Gasteiger charge is -2.35. The summed E-state index contributed by atoms with van der Waals surface area (Å²) in [5.41, 5.74) is 1.08. The van der Waals surface area contributed by atoms with Gasteiger partial charge in [-0.25, -0.2) is 0 Å². The number of rotatable bonds is 5. The fourth-order valence-electron chi connectivity index (χ4n) is 2.77. The molecule has 19 heavy (non-hydrogen) atoms. The van der Waals surface area contributed by atoms with E-state index in [9.17, 15) is 4.79 Å². The maximum atomic E-state index is 12.2. The maximum absolute atomic E-state index is 12.2. The maximum Gasteiger partial charge on any atom is 0.224 e. The standard InChI is InChI=1S/C16H24N2O/c1-2-15-10-6-7-13-18(15)16(19)11-12-17-14-8-4-3-5-9-14/h3-5,8-9,15,17H,2,6-7,10-13H2,1H3. The molecular weight excluding hydrogens is 236 g/mol. The molecule has 1 saturated heterocycles. The molecule has 0 saturated carbocycles. The first-order valence-electron chi connectivity index (χ1n) is 7.39. The lowest BCUT2D eigenvalue weighted by Crippen LogP contribution is -2.43. The SMILES string of the molecule is CCC1CCCCN1C(=O)CCNc1ccccc1. The van der Waals surface area contributed by atoms with Crippen LogP contribution >= 0.6 is 0 Å². The third kappa shape index (κ3) is 3.98. The summed E-state index contributed by atoms with van der Waals surface area (Å²) in [6, 6.07) is 10.5. The van der Waals surface area contributed by atoms with Crippen LogP contribution in [0.15, 0.2) is 30.3 Å². The van der Waals surface area contributed by atoms with Gasteiger partial charge in [0.05, 0.1) is 0 Å². The van der Waals surface area contributed by atoms with Crippen molar-refractivity contribution in [2.45, 2.75) is 45.1 Å². The molecule has 0 aromatic heterocycles. The van der Waals surface area contributed by atoms with Crippen molar-refractivity contribution in [1.29, 1.82) is 0 Å². The molecule has 1 unspecified atom stereocenters. The van der Waals surface area contributed by atoms with Crippen molar-refractivity contribution in [3.05, 3.63) is 30.3 Å². The van der Waals surface area contributed by atoms with Gasteiger partial charge in [0.15, 0.2) is 0 Å². The number of nitrogens with one attached hydrogen (secondary N) is 1. The molecule has 1 N–H and O–H groups in total. The zero-order valence-corrected chi connectivity index (χ0v) is 11.8. The van der Waals surface area contributed by atoms with E-state index in [1.165, 1.54) is 12.8 Å². The summed E-state index contributed by atoms with van der Waals surface area (Å²) in [7, 11) is 0. The van der Waals surface area contributed by atoms with E-state index in [0.717, 1.165) is 31.6 Å². The summed E-state index contributed by atoms with van der Waals surface area (Å²) < 4.78 is 0. The Bertz CT molecular complexity index is 391. The molecule has 104 valence electrons. The van der Waals surface area contributed by atoms with Crippen molar-refractivity contribution in [3.8, 4) is 0 Å². The minimum Gasteiger partial charge on any atom is -0.385 e. The number of carbonyl (C=O) groups is 1. The van der Waals surface area contributed by atoms with Crippen molar-refractivity contribution in [2.75, 3.05) is 18.4 Å². The number of hydrogen-bond donors (Lipinski definition) is 1. The van der Waals surface area contributed by atoms with Gasteiger partial charge in [0.1, 0.15) is 0 Å². The van der Waals surface area contributed by atoms with Crippen LogP contribution in [0.1, 0.15) is 39.0 Å². The lowest BCUT2D eigenvalue weighted by atomic mass is 9.99. The van der Waals surface area contributed by atoms with Gasteiger partial charge in [-0.3, -0.25) is 4.79 Å². The molecule has 2 rings (SSSR count). The molecule has 1 amide bonds. The molecule has 0 aliphatic carbocycles. The molecule has 1 aromatic carbocycles.